The van der Waals surface area contributed by atoms with Crippen LogP contribution in [-0.2, 0) is 11.3 Å². The molecule has 2 aromatic heterocycles. The molecule has 1 fully saturated rings. The maximum atomic E-state index is 13.5. The van der Waals surface area contributed by atoms with E-state index < -0.39 is 0 Å². The maximum absolute atomic E-state index is 13.5. The summed E-state index contributed by atoms with van der Waals surface area (Å²) in [6, 6.07) is 8.49. The van der Waals surface area contributed by atoms with Gasteiger partial charge in [-0.15, -0.1) is 0 Å². The van der Waals surface area contributed by atoms with Crippen molar-refractivity contribution in [3.63, 3.8) is 0 Å². The van der Waals surface area contributed by atoms with Crippen molar-refractivity contribution in [3.05, 3.63) is 54.7 Å². The van der Waals surface area contributed by atoms with Crippen LogP contribution in [-0.4, -0.2) is 40.1 Å². The Bertz CT molecular complexity index is 927. The van der Waals surface area contributed by atoms with E-state index in [1.165, 1.54) is 12.1 Å². The number of hydrogen-bond acceptors (Lipinski definition) is 4. The summed E-state index contributed by atoms with van der Waals surface area (Å²) >= 11 is 0. The van der Waals surface area contributed by atoms with Gasteiger partial charge in [-0.05, 0) is 48.6 Å². The highest BCUT2D eigenvalue weighted by Crippen LogP contribution is 2.20. The zero-order valence-corrected chi connectivity index (χ0v) is 15.0. The number of aromatic nitrogens is 3. The molecule has 1 unspecified atom stereocenters. The molecule has 0 bridgehead atoms. The van der Waals surface area contributed by atoms with Crippen molar-refractivity contribution in [2.75, 3.05) is 24.5 Å². The van der Waals surface area contributed by atoms with Crippen molar-refractivity contribution in [2.24, 2.45) is 5.92 Å². The molecular formula is C20H22FN5O. The van der Waals surface area contributed by atoms with E-state index in [0.717, 1.165) is 30.3 Å². The quantitative estimate of drug-likeness (QED) is 0.753. The van der Waals surface area contributed by atoms with Gasteiger partial charge in [-0.2, -0.15) is 0 Å². The Morgan fingerprint density at radius 3 is 2.96 bits per heavy atom. The van der Waals surface area contributed by atoms with Crippen LogP contribution < -0.4 is 10.2 Å². The van der Waals surface area contributed by atoms with Crippen LogP contribution in [0.4, 0.5) is 10.3 Å². The lowest BCUT2D eigenvalue weighted by molar-refractivity contribution is -0.125. The van der Waals surface area contributed by atoms with Gasteiger partial charge in [0.15, 0.2) is 0 Å². The van der Waals surface area contributed by atoms with Crippen LogP contribution in [0.25, 0.3) is 10.9 Å². The zero-order valence-electron chi connectivity index (χ0n) is 15.0. The van der Waals surface area contributed by atoms with Crippen molar-refractivity contribution < 1.29 is 9.18 Å². The predicted molar refractivity (Wildman–Crippen MR) is 102 cm³/mol. The van der Waals surface area contributed by atoms with Crippen LogP contribution in [0, 0.1) is 11.7 Å². The zero-order chi connectivity index (χ0) is 18.6. The molecule has 140 valence electrons. The number of hydrogen-bond donors (Lipinski definition) is 1. The Balaban J connectivity index is 1.33. The number of nitrogens with one attached hydrogen (secondary N) is 1. The second-order valence-corrected chi connectivity index (χ2v) is 6.84. The van der Waals surface area contributed by atoms with Crippen molar-refractivity contribution in [1.82, 2.24) is 19.9 Å². The second-order valence-electron chi connectivity index (χ2n) is 6.84. The second kappa shape index (κ2) is 7.73. The van der Waals surface area contributed by atoms with Crippen molar-refractivity contribution in [1.29, 1.82) is 0 Å². The summed E-state index contributed by atoms with van der Waals surface area (Å²) in [5.41, 5.74) is 0.842. The molecule has 6 nitrogen and oxygen atoms in total. The van der Waals surface area contributed by atoms with E-state index >= 15 is 0 Å². The molecule has 0 saturated carbocycles. The summed E-state index contributed by atoms with van der Waals surface area (Å²) in [4.78, 5) is 23.2. The maximum Gasteiger partial charge on any atom is 0.225 e. The number of nitrogens with zero attached hydrogens (tertiary/aromatic N) is 4. The first-order valence-corrected chi connectivity index (χ1v) is 9.25. The molecule has 0 spiro atoms. The van der Waals surface area contributed by atoms with Crippen molar-refractivity contribution in [3.8, 4) is 0 Å². The largest absolute Gasteiger partial charge is 0.354 e. The van der Waals surface area contributed by atoms with E-state index in [4.69, 9.17) is 0 Å². The average Bonchev–Trinajstić information content (AvgIpc) is 3.11. The average molecular weight is 367 g/mol. The summed E-state index contributed by atoms with van der Waals surface area (Å²) in [7, 11) is 0. The SMILES string of the molecule is O=C(NCCn1ccc2ccc(F)cc21)C1CCCN(c2ncccn2)C1. The minimum absolute atomic E-state index is 0.0540. The number of carbonyl (C=O) groups excluding carboxylic acids is 1. The third-order valence-electron chi connectivity index (χ3n) is 5.02. The van der Waals surface area contributed by atoms with Gasteiger partial charge in [0.05, 0.1) is 11.4 Å². The molecule has 1 aliphatic heterocycles. The minimum atomic E-state index is -0.253. The third kappa shape index (κ3) is 3.92. The number of carbonyl (C=O) groups is 1. The van der Waals surface area contributed by atoms with E-state index in [1.807, 2.05) is 16.8 Å². The first kappa shape index (κ1) is 17.5. The van der Waals surface area contributed by atoms with E-state index in [0.29, 0.717) is 25.6 Å². The highest BCUT2D eigenvalue weighted by Gasteiger charge is 2.26. The van der Waals surface area contributed by atoms with E-state index in [9.17, 15) is 9.18 Å². The number of anilines is 1. The lowest BCUT2D eigenvalue weighted by atomic mass is 9.97. The number of fused-ring (bicyclic) bond motifs is 1. The predicted octanol–water partition coefficient (Wildman–Crippen LogP) is 2.60. The summed E-state index contributed by atoms with van der Waals surface area (Å²) in [6.07, 6.45) is 7.17. The van der Waals surface area contributed by atoms with Gasteiger partial charge in [0.25, 0.3) is 0 Å². The number of piperidine rings is 1. The van der Waals surface area contributed by atoms with Gasteiger partial charge in [-0.1, -0.05) is 0 Å². The lowest BCUT2D eigenvalue weighted by Crippen LogP contribution is -2.44. The van der Waals surface area contributed by atoms with Gasteiger partial charge < -0.3 is 14.8 Å². The Hall–Kier alpha value is -2.96. The molecule has 1 saturated heterocycles. The van der Waals surface area contributed by atoms with E-state index in [1.54, 1.807) is 24.5 Å². The van der Waals surface area contributed by atoms with Gasteiger partial charge in [-0.3, -0.25) is 4.79 Å². The summed E-state index contributed by atoms with van der Waals surface area (Å²) < 4.78 is 15.4. The molecule has 0 aliphatic carbocycles. The molecule has 0 radical (unpaired) electrons. The fourth-order valence-corrected chi connectivity index (χ4v) is 3.62. The van der Waals surface area contributed by atoms with Crippen molar-refractivity contribution >= 4 is 22.8 Å². The van der Waals surface area contributed by atoms with Crippen molar-refractivity contribution in [2.45, 2.75) is 19.4 Å². The first-order chi connectivity index (χ1) is 13.2. The molecule has 3 heterocycles. The van der Waals surface area contributed by atoms with Crippen LogP contribution in [0.1, 0.15) is 12.8 Å². The molecule has 1 aliphatic rings. The normalized spacial score (nSPS) is 17.2. The van der Waals surface area contributed by atoms with E-state index in [2.05, 4.69) is 20.2 Å². The fourth-order valence-electron chi connectivity index (χ4n) is 3.62. The number of halogens is 1. The highest BCUT2D eigenvalue weighted by molar-refractivity contribution is 5.80. The number of benzene rings is 1. The molecular weight excluding hydrogens is 345 g/mol. The molecule has 1 amide bonds. The Morgan fingerprint density at radius 2 is 2.11 bits per heavy atom. The number of amides is 1. The van der Waals surface area contributed by atoms with Gasteiger partial charge in [-0.25, -0.2) is 14.4 Å². The topological polar surface area (TPSA) is 63.1 Å². The Kier molecular flexibility index (Phi) is 5.00. The molecule has 3 aromatic rings. The lowest BCUT2D eigenvalue weighted by Gasteiger charge is -2.31. The molecule has 1 N–H and O–H groups in total. The molecule has 1 aromatic carbocycles. The fraction of sp³-hybridized carbons (Fsp3) is 0.350. The summed E-state index contributed by atoms with van der Waals surface area (Å²) in [5, 5.41) is 4.01. The molecule has 4 rings (SSSR count). The monoisotopic (exact) mass is 367 g/mol. The van der Waals surface area contributed by atoms with Crippen LogP contribution in [0.3, 0.4) is 0 Å². The van der Waals surface area contributed by atoms with Gasteiger partial charge in [0.2, 0.25) is 11.9 Å². The minimum Gasteiger partial charge on any atom is -0.354 e. The van der Waals surface area contributed by atoms with E-state index in [-0.39, 0.29) is 17.6 Å². The Labute approximate surface area is 157 Å². The van der Waals surface area contributed by atoms with Gasteiger partial charge >= 0.3 is 0 Å². The third-order valence-corrected chi connectivity index (χ3v) is 5.02. The molecule has 1 atom stereocenters. The van der Waals surface area contributed by atoms with Crippen LogP contribution in [0.5, 0.6) is 0 Å². The Morgan fingerprint density at radius 1 is 1.26 bits per heavy atom. The van der Waals surface area contributed by atoms with Crippen LogP contribution >= 0.6 is 0 Å². The van der Waals surface area contributed by atoms with Crippen LogP contribution in [0.15, 0.2) is 48.9 Å². The molecule has 7 heteroatoms. The standard InChI is InChI=1S/C20H22FN5O/c21-17-5-4-15-6-11-25(18(15)13-17)12-9-22-19(27)16-3-1-10-26(14-16)20-23-7-2-8-24-20/h2,4-8,11,13,16H,1,3,9-10,12,14H2,(H,22,27). The number of rotatable bonds is 5. The summed E-state index contributed by atoms with van der Waals surface area (Å²) in [5.74, 6) is 0.410. The smallest absolute Gasteiger partial charge is 0.225 e. The van der Waals surface area contributed by atoms with Gasteiger partial charge in [0.1, 0.15) is 5.82 Å². The van der Waals surface area contributed by atoms with Gasteiger partial charge in [0, 0.05) is 44.8 Å². The summed E-state index contributed by atoms with van der Waals surface area (Å²) in [6.45, 7) is 2.62. The first-order valence-electron chi connectivity index (χ1n) is 9.25. The highest BCUT2D eigenvalue weighted by atomic mass is 19.1. The molecule has 27 heavy (non-hydrogen) atoms. The van der Waals surface area contributed by atoms with Crippen LogP contribution in [0.2, 0.25) is 0 Å².